The molecule has 0 aliphatic carbocycles. The summed E-state index contributed by atoms with van der Waals surface area (Å²) in [6, 6.07) is 1.39. The normalized spacial score (nSPS) is 16.6. The number of carbonyl (C=O) groups excluding carboxylic acids is 1. The molecule has 0 radical (unpaired) electrons. The van der Waals surface area contributed by atoms with Crippen molar-refractivity contribution in [2.24, 2.45) is 0 Å². The highest BCUT2D eigenvalue weighted by molar-refractivity contribution is 7.98. The molecule has 0 spiro atoms. The topological polar surface area (TPSA) is 116 Å². The highest BCUT2D eigenvalue weighted by Gasteiger charge is 2.26. The molecule has 1 aliphatic rings. The lowest BCUT2D eigenvalue weighted by Crippen LogP contribution is -2.52. The number of H-pyrrole nitrogens is 1. The number of anilines is 2. The van der Waals surface area contributed by atoms with E-state index < -0.39 is 6.10 Å². The fourth-order valence-corrected chi connectivity index (χ4v) is 2.80. The summed E-state index contributed by atoms with van der Waals surface area (Å²) >= 11 is 1.60. The highest BCUT2D eigenvalue weighted by atomic mass is 32.2. The van der Waals surface area contributed by atoms with Gasteiger partial charge < -0.3 is 20.6 Å². The van der Waals surface area contributed by atoms with Gasteiger partial charge in [0, 0.05) is 32.2 Å². The lowest BCUT2D eigenvalue weighted by molar-refractivity contribution is -0.140. The van der Waals surface area contributed by atoms with Gasteiger partial charge >= 0.3 is 0 Å². The van der Waals surface area contributed by atoms with E-state index >= 15 is 0 Å². The molecular formula is C13H21N5O3S. The zero-order valence-electron chi connectivity index (χ0n) is 12.5. The first kappa shape index (κ1) is 16.6. The third kappa shape index (κ3) is 4.14. The number of carbonyl (C=O) groups is 1. The van der Waals surface area contributed by atoms with Gasteiger partial charge in [-0.15, -0.1) is 0 Å². The number of aliphatic hydroxyl groups excluding tert-OH is 1. The van der Waals surface area contributed by atoms with Crippen LogP contribution in [0.2, 0.25) is 0 Å². The summed E-state index contributed by atoms with van der Waals surface area (Å²) in [6.07, 6.45) is 1.47. The van der Waals surface area contributed by atoms with Gasteiger partial charge in [0.25, 0.3) is 11.5 Å². The van der Waals surface area contributed by atoms with Crippen molar-refractivity contribution in [3.05, 3.63) is 16.4 Å². The number of hydrogen-bond donors (Lipinski definition) is 3. The first-order chi connectivity index (χ1) is 10.5. The molecular weight excluding hydrogens is 306 g/mol. The Balaban J connectivity index is 1.92. The molecule has 1 atom stereocenters. The molecule has 1 aliphatic heterocycles. The number of aliphatic hydroxyl groups is 1. The maximum Gasteiger partial charge on any atom is 0.254 e. The summed E-state index contributed by atoms with van der Waals surface area (Å²) < 4.78 is 0. The van der Waals surface area contributed by atoms with Gasteiger partial charge in [0.1, 0.15) is 11.9 Å². The van der Waals surface area contributed by atoms with Crippen LogP contribution in [-0.2, 0) is 4.79 Å². The fraction of sp³-hybridized carbons (Fsp3) is 0.615. The van der Waals surface area contributed by atoms with Crippen LogP contribution in [-0.4, -0.2) is 70.2 Å². The molecule has 1 amide bonds. The monoisotopic (exact) mass is 327 g/mol. The van der Waals surface area contributed by atoms with Crippen LogP contribution in [0.5, 0.6) is 0 Å². The van der Waals surface area contributed by atoms with Crippen molar-refractivity contribution in [3.8, 4) is 0 Å². The number of piperazine rings is 1. The second-order valence-corrected chi connectivity index (χ2v) is 6.08. The molecule has 22 heavy (non-hydrogen) atoms. The number of nitrogens with two attached hydrogens (primary N) is 1. The Labute approximate surface area is 132 Å². The van der Waals surface area contributed by atoms with Gasteiger partial charge in [0.15, 0.2) is 0 Å². The van der Waals surface area contributed by atoms with E-state index in [1.807, 2.05) is 11.2 Å². The maximum atomic E-state index is 12.1. The van der Waals surface area contributed by atoms with Crippen LogP contribution >= 0.6 is 11.8 Å². The van der Waals surface area contributed by atoms with E-state index in [0.717, 1.165) is 5.75 Å². The summed E-state index contributed by atoms with van der Waals surface area (Å²) in [7, 11) is 0. The fourth-order valence-electron chi connectivity index (χ4n) is 2.34. The van der Waals surface area contributed by atoms with Crippen LogP contribution in [0, 0.1) is 0 Å². The van der Waals surface area contributed by atoms with Crippen molar-refractivity contribution < 1.29 is 9.90 Å². The standard InChI is InChI=1S/C13H21N5O3S/c1-22-7-2-9(19)12(21)18-5-3-17(4-6-18)10-8-11(20)16-13(14)15-10/h8-9,19H,2-7H2,1H3,(H3,14,15,16,20). The Hall–Kier alpha value is -1.74. The summed E-state index contributed by atoms with van der Waals surface area (Å²) in [4.78, 5) is 33.6. The third-order valence-corrected chi connectivity index (χ3v) is 4.19. The van der Waals surface area contributed by atoms with Crippen molar-refractivity contribution in [1.82, 2.24) is 14.9 Å². The van der Waals surface area contributed by atoms with Crippen LogP contribution in [0.1, 0.15) is 6.42 Å². The smallest absolute Gasteiger partial charge is 0.254 e. The van der Waals surface area contributed by atoms with E-state index in [9.17, 15) is 14.7 Å². The minimum Gasteiger partial charge on any atom is -0.383 e. The van der Waals surface area contributed by atoms with E-state index in [2.05, 4.69) is 9.97 Å². The number of rotatable bonds is 5. The molecule has 0 saturated carbocycles. The number of thioether (sulfide) groups is 1. The summed E-state index contributed by atoms with van der Waals surface area (Å²) in [5.74, 6) is 1.11. The lowest BCUT2D eigenvalue weighted by Gasteiger charge is -2.36. The van der Waals surface area contributed by atoms with Gasteiger partial charge in [-0.1, -0.05) is 0 Å². The predicted molar refractivity (Wildman–Crippen MR) is 87.1 cm³/mol. The molecule has 1 aromatic heterocycles. The minimum atomic E-state index is -0.938. The molecule has 4 N–H and O–H groups in total. The van der Waals surface area contributed by atoms with Crippen molar-refractivity contribution in [3.63, 3.8) is 0 Å². The number of aromatic nitrogens is 2. The first-order valence-corrected chi connectivity index (χ1v) is 8.48. The van der Waals surface area contributed by atoms with Crippen LogP contribution in [0.15, 0.2) is 10.9 Å². The average molecular weight is 327 g/mol. The Morgan fingerprint density at radius 1 is 1.50 bits per heavy atom. The Morgan fingerprint density at radius 2 is 2.18 bits per heavy atom. The van der Waals surface area contributed by atoms with Gasteiger partial charge in [-0.3, -0.25) is 14.6 Å². The van der Waals surface area contributed by atoms with Crippen LogP contribution in [0.25, 0.3) is 0 Å². The molecule has 0 aromatic carbocycles. The quantitative estimate of drug-likeness (QED) is 0.643. The molecule has 122 valence electrons. The molecule has 1 unspecified atom stereocenters. The van der Waals surface area contributed by atoms with Gasteiger partial charge in [-0.2, -0.15) is 16.7 Å². The molecule has 1 aromatic rings. The van der Waals surface area contributed by atoms with Gasteiger partial charge in [-0.25, -0.2) is 0 Å². The number of nitrogen functional groups attached to an aromatic ring is 1. The highest BCUT2D eigenvalue weighted by Crippen LogP contribution is 2.13. The number of aromatic amines is 1. The van der Waals surface area contributed by atoms with Crippen molar-refractivity contribution in [1.29, 1.82) is 0 Å². The van der Waals surface area contributed by atoms with Gasteiger partial charge in [0.2, 0.25) is 5.95 Å². The molecule has 2 heterocycles. The van der Waals surface area contributed by atoms with Gasteiger partial charge in [0.05, 0.1) is 0 Å². The lowest BCUT2D eigenvalue weighted by atomic mass is 10.2. The minimum absolute atomic E-state index is 0.0773. The second-order valence-electron chi connectivity index (χ2n) is 5.10. The Bertz CT molecular complexity index is 571. The van der Waals surface area contributed by atoms with Crippen molar-refractivity contribution in [2.75, 3.05) is 48.8 Å². The average Bonchev–Trinajstić information content (AvgIpc) is 2.51. The predicted octanol–water partition coefficient (Wildman–Crippen LogP) is -0.885. The second kappa shape index (κ2) is 7.50. The Morgan fingerprint density at radius 3 is 2.77 bits per heavy atom. The largest absolute Gasteiger partial charge is 0.383 e. The zero-order valence-corrected chi connectivity index (χ0v) is 13.3. The zero-order chi connectivity index (χ0) is 16.1. The molecule has 2 rings (SSSR count). The van der Waals surface area contributed by atoms with E-state index in [-0.39, 0.29) is 17.4 Å². The summed E-state index contributed by atoms with van der Waals surface area (Å²) in [6.45, 7) is 2.08. The van der Waals surface area contributed by atoms with Crippen LogP contribution in [0.3, 0.4) is 0 Å². The van der Waals surface area contributed by atoms with E-state index in [4.69, 9.17) is 5.73 Å². The number of amides is 1. The van der Waals surface area contributed by atoms with E-state index in [1.54, 1.807) is 16.7 Å². The number of hydrogen-bond acceptors (Lipinski definition) is 7. The van der Waals surface area contributed by atoms with E-state index in [1.165, 1.54) is 6.07 Å². The molecule has 1 fully saturated rings. The molecule has 1 saturated heterocycles. The SMILES string of the molecule is CSCCC(O)C(=O)N1CCN(c2cc(=O)[nH]c(N)n2)CC1. The van der Waals surface area contributed by atoms with Crippen molar-refractivity contribution in [2.45, 2.75) is 12.5 Å². The third-order valence-electron chi connectivity index (χ3n) is 3.54. The maximum absolute atomic E-state index is 12.1. The summed E-state index contributed by atoms with van der Waals surface area (Å²) in [5, 5.41) is 9.86. The molecule has 9 heteroatoms. The van der Waals surface area contributed by atoms with Gasteiger partial charge in [-0.05, 0) is 18.4 Å². The number of nitrogens with zero attached hydrogens (tertiary/aromatic N) is 3. The van der Waals surface area contributed by atoms with Crippen molar-refractivity contribution >= 4 is 29.4 Å². The van der Waals surface area contributed by atoms with E-state index in [0.29, 0.717) is 38.4 Å². The molecule has 0 bridgehead atoms. The van der Waals surface area contributed by atoms with Crippen LogP contribution < -0.4 is 16.2 Å². The Kier molecular flexibility index (Phi) is 5.67. The molecule has 8 nitrogen and oxygen atoms in total. The first-order valence-electron chi connectivity index (χ1n) is 7.09. The number of nitrogens with one attached hydrogen (secondary N) is 1. The van der Waals surface area contributed by atoms with Crippen LogP contribution in [0.4, 0.5) is 11.8 Å². The summed E-state index contributed by atoms with van der Waals surface area (Å²) in [5.41, 5.74) is 5.24.